The number of fused-ring (bicyclic) bond motifs is 1. The molecule has 0 unspecified atom stereocenters. The Balaban J connectivity index is 1.72. The monoisotopic (exact) mass is 436 g/mol. The van der Waals surface area contributed by atoms with E-state index < -0.39 is 17.9 Å². The van der Waals surface area contributed by atoms with Crippen molar-refractivity contribution in [1.29, 1.82) is 0 Å². The smallest absolute Gasteiger partial charge is 0.408 e. The molecular formula is C25H28N2O5. The van der Waals surface area contributed by atoms with Crippen molar-refractivity contribution < 1.29 is 23.5 Å². The number of Topliss-reactive ketones (excluding diaryl/α,β-unsaturated/α-hetero) is 1. The fraction of sp³-hybridized carbons (Fsp3) is 0.320. The number of benzene rings is 2. The number of hydrogen-bond acceptors (Lipinski definition) is 6. The summed E-state index contributed by atoms with van der Waals surface area (Å²) in [4.78, 5) is 29.8. The number of ketones is 1. The van der Waals surface area contributed by atoms with Gasteiger partial charge in [-0.05, 0) is 43.5 Å². The molecule has 0 aliphatic heterocycles. The van der Waals surface area contributed by atoms with Crippen molar-refractivity contribution in [3.05, 3.63) is 71.6 Å². The van der Waals surface area contributed by atoms with E-state index in [1.165, 1.54) is 0 Å². The molecule has 3 rings (SSSR count). The number of nitrogens with one attached hydrogen (secondary N) is 1. The lowest BCUT2D eigenvalue weighted by atomic mass is 10.00. The van der Waals surface area contributed by atoms with E-state index in [1.807, 2.05) is 64.1 Å². The van der Waals surface area contributed by atoms with Crippen molar-refractivity contribution in [3.63, 3.8) is 0 Å². The molecule has 0 fully saturated rings. The average molecular weight is 437 g/mol. The van der Waals surface area contributed by atoms with E-state index in [1.54, 1.807) is 18.2 Å². The van der Waals surface area contributed by atoms with Gasteiger partial charge in [-0.25, -0.2) is 9.78 Å². The molecule has 1 aromatic heterocycles. The van der Waals surface area contributed by atoms with Crippen LogP contribution in [-0.4, -0.2) is 29.5 Å². The molecule has 0 bridgehead atoms. The van der Waals surface area contributed by atoms with Crippen molar-refractivity contribution in [2.75, 3.05) is 6.61 Å². The number of alkyl carbamates (subject to hydrolysis) is 1. The molecule has 1 heterocycles. The highest BCUT2D eigenvalue weighted by molar-refractivity contribution is 6.00. The summed E-state index contributed by atoms with van der Waals surface area (Å²) in [5, 5.41) is 2.64. The van der Waals surface area contributed by atoms with Crippen LogP contribution in [0.15, 0.2) is 64.6 Å². The quantitative estimate of drug-likeness (QED) is 0.361. The van der Waals surface area contributed by atoms with Crippen LogP contribution in [0.2, 0.25) is 0 Å². The lowest BCUT2D eigenvalue weighted by Crippen LogP contribution is -2.44. The SMILES string of the molecule is CC(C)=CCOc1cccc2oc(C(=O)[C@@H](NC(=O)OCc3ccccc3)C(C)C)nc12. The van der Waals surface area contributed by atoms with E-state index in [0.29, 0.717) is 23.5 Å². The van der Waals surface area contributed by atoms with Crippen LogP contribution >= 0.6 is 0 Å². The molecule has 0 saturated carbocycles. The first kappa shape index (κ1) is 23.1. The van der Waals surface area contributed by atoms with Gasteiger partial charge >= 0.3 is 6.09 Å². The van der Waals surface area contributed by atoms with Gasteiger partial charge in [0, 0.05) is 0 Å². The highest BCUT2D eigenvalue weighted by Crippen LogP contribution is 2.27. The zero-order valence-corrected chi connectivity index (χ0v) is 18.8. The van der Waals surface area contributed by atoms with Crippen LogP contribution in [0.3, 0.4) is 0 Å². The Hall–Kier alpha value is -3.61. The molecule has 1 N–H and O–H groups in total. The van der Waals surface area contributed by atoms with Crippen LogP contribution in [0.25, 0.3) is 11.1 Å². The second kappa shape index (κ2) is 10.6. The van der Waals surface area contributed by atoms with E-state index in [9.17, 15) is 9.59 Å². The summed E-state index contributed by atoms with van der Waals surface area (Å²) in [6.45, 7) is 8.14. The Morgan fingerprint density at radius 2 is 1.84 bits per heavy atom. The van der Waals surface area contributed by atoms with Gasteiger partial charge in [-0.15, -0.1) is 0 Å². The van der Waals surface area contributed by atoms with Crippen LogP contribution in [0.5, 0.6) is 5.75 Å². The van der Waals surface area contributed by atoms with Gasteiger partial charge in [0.25, 0.3) is 5.89 Å². The van der Waals surface area contributed by atoms with Crippen molar-refractivity contribution in [2.24, 2.45) is 5.92 Å². The van der Waals surface area contributed by atoms with E-state index in [4.69, 9.17) is 13.9 Å². The third kappa shape index (κ3) is 5.97. The molecule has 2 aromatic carbocycles. The number of aromatic nitrogens is 1. The normalized spacial score (nSPS) is 11.8. The maximum atomic E-state index is 13.1. The standard InChI is InChI=1S/C25H28N2O5/c1-16(2)13-14-30-19-11-8-12-20-22(19)26-24(32-20)23(28)21(17(3)4)27-25(29)31-15-18-9-6-5-7-10-18/h5-13,17,21H,14-15H2,1-4H3,(H,27,29)/t21-/m0/s1. The third-order valence-corrected chi connectivity index (χ3v) is 4.76. The molecule has 0 aliphatic rings. The second-order valence-electron chi connectivity index (χ2n) is 8.01. The predicted octanol–water partition coefficient (Wildman–Crippen LogP) is 5.31. The Kier molecular flexibility index (Phi) is 7.65. The van der Waals surface area contributed by atoms with Gasteiger partial charge in [-0.3, -0.25) is 4.79 Å². The van der Waals surface area contributed by atoms with Crippen LogP contribution < -0.4 is 10.1 Å². The fourth-order valence-corrected chi connectivity index (χ4v) is 3.00. The van der Waals surface area contributed by atoms with Crippen molar-refractivity contribution in [1.82, 2.24) is 10.3 Å². The van der Waals surface area contributed by atoms with E-state index in [0.717, 1.165) is 11.1 Å². The molecule has 7 nitrogen and oxygen atoms in total. The minimum absolute atomic E-state index is 0.0830. The van der Waals surface area contributed by atoms with Crippen LogP contribution in [0.4, 0.5) is 4.79 Å². The van der Waals surface area contributed by atoms with E-state index >= 15 is 0 Å². The number of ether oxygens (including phenoxy) is 2. The molecule has 0 aliphatic carbocycles. The van der Waals surface area contributed by atoms with Crippen LogP contribution in [0.1, 0.15) is 43.9 Å². The predicted molar refractivity (Wildman–Crippen MR) is 122 cm³/mol. The largest absolute Gasteiger partial charge is 0.487 e. The Labute approximate surface area is 187 Å². The molecule has 1 atom stereocenters. The molecule has 3 aromatic rings. The number of para-hydroxylation sites is 1. The van der Waals surface area contributed by atoms with Crippen molar-refractivity contribution in [2.45, 2.75) is 40.3 Å². The second-order valence-corrected chi connectivity index (χ2v) is 8.01. The Morgan fingerprint density at radius 3 is 2.53 bits per heavy atom. The average Bonchev–Trinajstić information content (AvgIpc) is 3.21. The lowest BCUT2D eigenvalue weighted by Gasteiger charge is -2.19. The maximum Gasteiger partial charge on any atom is 0.408 e. The molecule has 7 heteroatoms. The number of oxazole rings is 1. The molecule has 32 heavy (non-hydrogen) atoms. The fourth-order valence-electron chi connectivity index (χ4n) is 3.00. The van der Waals surface area contributed by atoms with Crippen molar-refractivity contribution in [3.8, 4) is 5.75 Å². The zero-order chi connectivity index (χ0) is 23.1. The molecule has 0 spiro atoms. The molecule has 168 valence electrons. The first-order valence-corrected chi connectivity index (χ1v) is 10.5. The van der Waals surface area contributed by atoms with E-state index in [-0.39, 0.29) is 18.4 Å². The van der Waals surface area contributed by atoms with Gasteiger partial charge in [0.15, 0.2) is 11.1 Å². The lowest BCUT2D eigenvalue weighted by molar-refractivity contribution is 0.0855. The zero-order valence-electron chi connectivity index (χ0n) is 18.8. The number of allylic oxidation sites excluding steroid dienone is 1. The molecule has 0 radical (unpaired) electrons. The summed E-state index contributed by atoms with van der Waals surface area (Å²) < 4.78 is 16.7. The van der Waals surface area contributed by atoms with E-state index in [2.05, 4.69) is 10.3 Å². The van der Waals surface area contributed by atoms with Crippen LogP contribution in [-0.2, 0) is 11.3 Å². The summed E-state index contributed by atoms with van der Waals surface area (Å²) >= 11 is 0. The number of carbonyl (C=O) groups is 2. The number of hydrogen-bond donors (Lipinski definition) is 1. The summed E-state index contributed by atoms with van der Waals surface area (Å²) in [6, 6.07) is 13.7. The Bertz CT molecular complexity index is 1100. The van der Waals surface area contributed by atoms with Gasteiger partial charge in [0.2, 0.25) is 5.78 Å². The summed E-state index contributed by atoms with van der Waals surface area (Å²) in [7, 11) is 0. The molecule has 0 saturated heterocycles. The minimum atomic E-state index is -0.846. The topological polar surface area (TPSA) is 90.7 Å². The third-order valence-electron chi connectivity index (χ3n) is 4.76. The first-order valence-electron chi connectivity index (χ1n) is 10.5. The van der Waals surface area contributed by atoms with Crippen molar-refractivity contribution >= 4 is 23.0 Å². The number of nitrogens with zero attached hydrogens (tertiary/aromatic N) is 1. The van der Waals surface area contributed by atoms with Gasteiger partial charge < -0.3 is 19.2 Å². The summed E-state index contributed by atoms with van der Waals surface area (Å²) in [6.07, 6.45) is 1.27. The maximum absolute atomic E-state index is 13.1. The summed E-state index contributed by atoms with van der Waals surface area (Å²) in [5.74, 6) is -0.183. The molecule has 1 amide bonds. The summed E-state index contributed by atoms with van der Waals surface area (Å²) in [5.41, 5.74) is 2.90. The first-order chi connectivity index (χ1) is 15.3. The van der Waals surface area contributed by atoms with Gasteiger partial charge in [0.1, 0.15) is 25.0 Å². The minimum Gasteiger partial charge on any atom is -0.487 e. The van der Waals surface area contributed by atoms with Gasteiger partial charge in [0.05, 0.1) is 0 Å². The van der Waals surface area contributed by atoms with Gasteiger partial charge in [-0.1, -0.05) is 55.8 Å². The molecular weight excluding hydrogens is 408 g/mol. The highest BCUT2D eigenvalue weighted by Gasteiger charge is 2.30. The Morgan fingerprint density at radius 1 is 1.09 bits per heavy atom. The number of amides is 1. The number of carbonyl (C=O) groups excluding carboxylic acids is 2. The highest BCUT2D eigenvalue weighted by atomic mass is 16.5. The van der Waals surface area contributed by atoms with Crippen LogP contribution in [0, 0.1) is 5.92 Å². The van der Waals surface area contributed by atoms with Gasteiger partial charge in [-0.2, -0.15) is 0 Å². The number of rotatable bonds is 9.